The van der Waals surface area contributed by atoms with Gasteiger partial charge in [0, 0.05) is 22.9 Å². The third kappa shape index (κ3) is 4.88. The largest absolute Gasteiger partial charge is 0.484 e. The van der Waals surface area contributed by atoms with E-state index in [1.54, 1.807) is 48.5 Å². The summed E-state index contributed by atoms with van der Waals surface area (Å²) in [6, 6.07) is 16.7. The number of carbonyl (C=O) groups excluding carboxylic acids is 2. The van der Waals surface area contributed by atoms with Crippen LogP contribution in [0.1, 0.15) is 17.3 Å². The highest BCUT2D eigenvalue weighted by Crippen LogP contribution is 2.19. The molecule has 3 rings (SSSR count). The number of nitrogens with one attached hydrogen (secondary N) is 2. The molecule has 7 heteroatoms. The maximum atomic E-state index is 12.1. The van der Waals surface area contributed by atoms with E-state index in [2.05, 4.69) is 15.5 Å². The van der Waals surface area contributed by atoms with Gasteiger partial charge < -0.3 is 10.1 Å². The Labute approximate surface area is 155 Å². The fourth-order valence-electron chi connectivity index (χ4n) is 2.39. The number of hydrogen-bond donors (Lipinski definition) is 2. The van der Waals surface area contributed by atoms with Crippen molar-refractivity contribution < 1.29 is 14.3 Å². The van der Waals surface area contributed by atoms with Crippen molar-refractivity contribution in [3.8, 4) is 17.0 Å². The standard InChI is InChI=1S/C20H17N3O4/c1-13(24)14-5-7-17(8-6-14)27-12-20(26)21-16-4-2-3-15(11-16)18-9-10-19(25)23-22-18/h2-11H,12H2,1H3,(H,21,26)(H,23,25). The van der Waals surface area contributed by atoms with Crippen LogP contribution in [0.25, 0.3) is 11.3 Å². The smallest absolute Gasteiger partial charge is 0.264 e. The molecule has 7 nitrogen and oxygen atoms in total. The minimum absolute atomic E-state index is 0.0313. The molecule has 136 valence electrons. The highest BCUT2D eigenvalue weighted by molar-refractivity contribution is 5.94. The number of rotatable bonds is 6. The Bertz CT molecular complexity index is 1010. The van der Waals surface area contributed by atoms with E-state index in [1.165, 1.54) is 13.0 Å². The van der Waals surface area contributed by atoms with E-state index in [1.807, 2.05) is 6.07 Å². The summed E-state index contributed by atoms with van der Waals surface area (Å²) >= 11 is 0. The number of nitrogens with zero attached hydrogens (tertiary/aromatic N) is 1. The monoisotopic (exact) mass is 363 g/mol. The molecule has 0 aliphatic rings. The number of carbonyl (C=O) groups is 2. The molecule has 0 aliphatic heterocycles. The van der Waals surface area contributed by atoms with Crippen molar-refractivity contribution in [2.45, 2.75) is 6.92 Å². The van der Waals surface area contributed by atoms with Crippen LogP contribution in [0.5, 0.6) is 5.75 Å². The van der Waals surface area contributed by atoms with Gasteiger partial charge in [0.2, 0.25) is 0 Å². The van der Waals surface area contributed by atoms with Crippen molar-refractivity contribution in [1.29, 1.82) is 0 Å². The molecule has 1 amide bonds. The van der Waals surface area contributed by atoms with Gasteiger partial charge in [0.25, 0.3) is 11.5 Å². The summed E-state index contributed by atoms with van der Waals surface area (Å²) in [6.07, 6.45) is 0. The predicted octanol–water partition coefficient (Wildman–Crippen LogP) is 2.66. The van der Waals surface area contributed by atoms with Crippen LogP contribution in [0.15, 0.2) is 65.5 Å². The van der Waals surface area contributed by atoms with Crippen molar-refractivity contribution in [2.75, 3.05) is 11.9 Å². The lowest BCUT2D eigenvalue weighted by atomic mass is 10.1. The van der Waals surface area contributed by atoms with Crippen LogP contribution < -0.4 is 15.6 Å². The number of hydrogen-bond acceptors (Lipinski definition) is 5. The Hall–Kier alpha value is -3.74. The second-order valence-corrected chi connectivity index (χ2v) is 5.80. The number of aromatic nitrogens is 2. The molecule has 3 aromatic rings. The molecule has 2 aromatic carbocycles. The van der Waals surface area contributed by atoms with Gasteiger partial charge in [-0.15, -0.1) is 0 Å². The van der Waals surface area contributed by atoms with Crippen LogP contribution in [0.3, 0.4) is 0 Å². The zero-order valence-corrected chi connectivity index (χ0v) is 14.6. The van der Waals surface area contributed by atoms with E-state index >= 15 is 0 Å². The number of amides is 1. The van der Waals surface area contributed by atoms with Crippen molar-refractivity contribution in [3.05, 3.63) is 76.6 Å². The fraction of sp³-hybridized carbons (Fsp3) is 0.100. The highest BCUT2D eigenvalue weighted by atomic mass is 16.5. The lowest BCUT2D eigenvalue weighted by Crippen LogP contribution is -2.20. The summed E-state index contributed by atoms with van der Waals surface area (Å²) in [4.78, 5) is 34.4. The molecular weight excluding hydrogens is 346 g/mol. The van der Waals surface area contributed by atoms with Gasteiger partial charge >= 0.3 is 0 Å². The molecule has 0 saturated carbocycles. The number of anilines is 1. The number of aromatic amines is 1. The van der Waals surface area contributed by atoms with Crippen molar-refractivity contribution in [2.24, 2.45) is 0 Å². The molecule has 0 radical (unpaired) electrons. The predicted molar refractivity (Wildman–Crippen MR) is 101 cm³/mol. The van der Waals surface area contributed by atoms with Crippen molar-refractivity contribution >= 4 is 17.4 Å². The maximum absolute atomic E-state index is 12.1. The molecule has 0 aliphatic carbocycles. The van der Waals surface area contributed by atoms with Gasteiger partial charge in [-0.05, 0) is 49.4 Å². The van der Waals surface area contributed by atoms with Crippen LogP contribution in [0, 0.1) is 0 Å². The first-order chi connectivity index (χ1) is 13.0. The number of benzene rings is 2. The number of Topliss-reactive ketones (excluding diaryl/α,β-unsaturated/α-hetero) is 1. The van der Waals surface area contributed by atoms with E-state index in [0.29, 0.717) is 22.7 Å². The van der Waals surface area contributed by atoms with E-state index in [9.17, 15) is 14.4 Å². The molecule has 1 aromatic heterocycles. The van der Waals surface area contributed by atoms with Gasteiger partial charge in [0.15, 0.2) is 12.4 Å². The quantitative estimate of drug-likeness (QED) is 0.656. The maximum Gasteiger partial charge on any atom is 0.264 e. The van der Waals surface area contributed by atoms with Crippen LogP contribution >= 0.6 is 0 Å². The first kappa shape index (κ1) is 18.1. The van der Waals surface area contributed by atoms with E-state index in [-0.39, 0.29) is 23.9 Å². The lowest BCUT2D eigenvalue weighted by molar-refractivity contribution is -0.118. The van der Waals surface area contributed by atoms with Crippen LogP contribution in [-0.4, -0.2) is 28.5 Å². The van der Waals surface area contributed by atoms with Gasteiger partial charge in [0.1, 0.15) is 5.75 Å². The summed E-state index contributed by atoms with van der Waals surface area (Å²) in [5, 5.41) is 9.08. The summed E-state index contributed by atoms with van der Waals surface area (Å²) in [6.45, 7) is 1.32. The molecule has 0 atom stereocenters. The van der Waals surface area contributed by atoms with Gasteiger partial charge in [-0.1, -0.05) is 12.1 Å². The Kier molecular flexibility index (Phi) is 5.41. The molecular formula is C20H17N3O4. The second kappa shape index (κ2) is 8.09. The zero-order valence-electron chi connectivity index (χ0n) is 14.6. The molecule has 1 heterocycles. The minimum atomic E-state index is -0.322. The molecule has 27 heavy (non-hydrogen) atoms. The van der Waals surface area contributed by atoms with Gasteiger partial charge in [0.05, 0.1) is 5.69 Å². The van der Waals surface area contributed by atoms with E-state index in [0.717, 1.165) is 5.56 Å². The Balaban J connectivity index is 1.60. The topological polar surface area (TPSA) is 101 Å². The van der Waals surface area contributed by atoms with Crippen LogP contribution in [-0.2, 0) is 4.79 Å². The normalized spacial score (nSPS) is 10.3. The van der Waals surface area contributed by atoms with E-state index < -0.39 is 0 Å². The first-order valence-corrected chi connectivity index (χ1v) is 8.21. The SMILES string of the molecule is CC(=O)c1ccc(OCC(=O)Nc2cccc(-c3ccc(=O)[nH]n3)c2)cc1. The second-order valence-electron chi connectivity index (χ2n) is 5.80. The van der Waals surface area contributed by atoms with E-state index in [4.69, 9.17) is 4.74 Å². The number of H-pyrrole nitrogens is 1. The lowest BCUT2D eigenvalue weighted by Gasteiger charge is -2.09. The third-order valence-electron chi connectivity index (χ3n) is 3.75. The summed E-state index contributed by atoms with van der Waals surface area (Å²) in [5.41, 5.74) is 2.23. The Morgan fingerprint density at radius 3 is 2.52 bits per heavy atom. The number of ketones is 1. The average Bonchev–Trinajstić information content (AvgIpc) is 2.67. The average molecular weight is 363 g/mol. The summed E-state index contributed by atoms with van der Waals surface area (Å²) in [5.74, 6) is 0.148. The summed E-state index contributed by atoms with van der Waals surface area (Å²) in [7, 11) is 0. The van der Waals surface area contributed by atoms with Crippen molar-refractivity contribution in [3.63, 3.8) is 0 Å². The Morgan fingerprint density at radius 2 is 1.85 bits per heavy atom. The fourth-order valence-corrected chi connectivity index (χ4v) is 2.39. The Morgan fingerprint density at radius 1 is 1.07 bits per heavy atom. The summed E-state index contributed by atoms with van der Waals surface area (Å²) < 4.78 is 5.43. The highest BCUT2D eigenvalue weighted by Gasteiger charge is 2.07. The molecule has 2 N–H and O–H groups in total. The first-order valence-electron chi connectivity index (χ1n) is 8.21. The zero-order chi connectivity index (χ0) is 19.2. The van der Waals surface area contributed by atoms with Crippen LogP contribution in [0.2, 0.25) is 0 Å². The third-order valence-corrected chi connectivity index (χ3v) is 3.75. The minimum Gasteiger partial charge on any atom is -0.484 e. The van der Waals surface area contributed by atoms with Gasteiger partial charge in [-0.25, -0.2) is 5.10 Å². The van der Waals surface area contributed by atoms with Crippen LogP contribution in [0.4, 0.5) is 5.69 Å². The molecule has 0 bridgehead atoms. The van der Waals surface area contributed by atoms with Gasteiger partial charge in [-0.3, -0.25) is 14.4 Å². The van der Waals surface area contributed by atoms with Gasteiger partial charge in [-0.2, -0.15) is 5.10 Å². The molecule has 0 saturated heterocycles. The van der Waals surface area contributed by atoms with Crippen molar-refractivity contribution in [1.82, 2.24) is 10.2 Å². The number of ether oxygens (including phenoxy) is 1. The molecule has 0 fully saturated rings. The molecule has 0 unspecified atom stereocenters. The molecule has 0 spiro atoms.